The fourth-order valence-electron chi connectivity index (χ4n) is 10.4. The quantitative estimate of drug-likeness (QED) is 0.160. The van der Waals surface area contributed by atoms with Crippen LogP contribution in [-0.4, -0.2) is 72.8 Å². The Bertz CT molecular complexity index is 1970. The third-order valence-corrected chi connectivity index (χ3v) is 13.5. The number of anilines is 2. The number of piperidine rings is 3. The van der Waals surface area contributed by atoms with Crippen LogP contribution in [0.1, 0.15) is 96.9 Å². The molecule has 55 heavy (non-hydrogen) atoms. The fourth-order valence-corrected chi connectivity index (χ4v) is 10.4. The van der Waals surface area contributed by atoms with Crippen LogP contribution in [0, 0.1) is 5.92 Å². The number of hydrogen-bond donors (Lipinski definition) is 3. The molecule has 1 aliphatic carbocycles. The number of nitrogens with one attached hydrogen (secondary N) is 2. The summed E-state index contributed by atoms with van der Waals surface area (Å²) in [4.78, 5) is 28.8. The van der Waals surface area contributed by atoms with Crippen molar-refractivity contribution in [2.75, 3.05) is 49.5 Å². The van der Waals surface area contributed by atoms with Gasteiger partial charge in [0.1, 0.15) is 11.8 Å². The summed E-state index contributed by atoms with van der Waals surface area (Å²) >= 11 is 0. The van der Waals surface area contributed by atoms with Crippen LogP contribution in [0.4, 0.5) is 11.4 Å². The molecule has 8 heteroatoms. The fraction of sp³-hybridized carbons (Fsp3) is 0.447. The lowest BCUT2D eigenvalue weighted by molar-refractivity contribution is -0.133. The number of carbonyl (C=O) groups is 2. The lowest BCUT2D eigenvalue weighted by Crippen LogP contribution is -2.47. The van der Waals surface area contributed by atoms with Gasteiger partial charge in [-0.2, -0.15) is 0 Å². The van der Waals surface area contributed by atoms with E-state index in [9.17, 15) is 14.7 Å². The number of likely N-dealkylation sites (tertiary alicyclic amines) is 1. The van der Waals surface area contributed by atoms with Crippen LogP contribution in [0.5, 0.6) is 5.75 Å². The second-order valence-electron chi connectivity index (χ2n) is 16.9. The number of nitrogens with zero attached hydrogens (tertiary/aromatic N) is 2. The van der Waals surface area contributed by atoms with Gasteiger partial charge in [0, 0.05) is 43.3 Å². The van der Waals surface area contributed by atoms with Gasteiger partial charge in [-0.3, -0.25) is 14.9 Å². The van der Waals surface area contributed by atoms with Crippen LogP contribution in [0.3, 0.4) is 0 Å². The molecular weight excluding hydrogens is 685 g/mol. The molecular formula is C47H54N4O4. The molecule has 2 amide bonds. The van der Waals surface area contributed by atoms with Crippen LogP contribution >= 0.6 is 0 Å². The van der Waals surface area contributed by atoms with Crippen LogP contribution in [-0.2, 0) is 20.7 Å². The van der Waals surface area contributed by atoms with Gasteiger partial charge in [0.2, 0.25) is 11.8 Å². The number of fused-ring (bicyclic) bond motifs is 1. The predicted molar refractivity (Wildman–Crippen MR) is 217 cm³/mol. The molecule has 4 aromatic rings. The van der Waals surface area contributed by atoms with E-state index < -0.39 is 0 Å². The largest absolute Gasteiger partial charge is 0.508 e. The summed E-state index contributed by atoms with van der Waals surface area (Å²) in [6, 6.07) is 34.5. The molecule has 286 valence electrons. The highest BCUT2D eigenvalue weighted by molar-refractivity contribution is 6.01. The Morgan fingerprint density at radius 1 is 0.782 bits per heavy atom. The van der Waals surface area contributed by atoms with Crippen molar-refractivity contribution in [1.82, 2.24) is 10.2 Å². The maximum absolute atomic E-state index is 12.1. The second kappa shape index (κ2) is 15.5. The van der Waals surface area contributed by atoms with Crippen molar-refractivity contribution in [2.24, 2.45) is 5.92 Å². The molecule has 5 aliphatic rings. The lowest BCUT2D eigenvalue weighted by atomic mass is 9.69. The number of phenols is 1. The summed E-state index contributed by atoms with van der Waals surface area (Å²) in [7, 11) is 0. The number of aryl methyl sites for hydroxylation is 1. The molecule has 0 radical (unpaired) electrons. The molecule has 4 aliphatic heterocycles. The van der Waals surface area contributed by atoms with E-state index in [-0.39, 0.29) is 29.4 Å². The van der Waals surface area contributed by atoms with Crippen LogP contribution < -0.4 is 15.5 Å². The number of hydrogen-bond acceptors (Lipinski definition) is 7. The second-order valence-corrected chi connectivity index (χ2v) is 16.9. The van der Waals surface area contributed by atoms with Crippen LogP contribution in [0.15, 0.2) is 97.1 Å². The van der Waals surface area contributed by atoms with Gasteiger partial charge in [0.05, 0.1) is 12.2 Å². The molecule has 9 rings (SSSR count). The first kappa shape index (κ1) is 36.0. The van der Waals surface area contributed by atoms with Crippen molar-refractivity contribution >= 4 is 23.2 Å². The predicted octanol–water partition coefficient (Wildman–Crippen LogP) is 7.73. The van der Waals surface area contributed by atoms with E-state index in [2.05, 4.69) is 105 Å². The molecule has 0 bridgehead atoms. The minimum atomic E-state index is -0.353. The molecule has 0 unspecified atom stereocenters. The van der Waals surface area contributed by atoms with E-state index in [1.807, 2.05) is 12.1 Å². The van der Waals surface area contributed by atoms with E-state index in [1.165, 1.54) is 39.9 Å². The smallest absolute Gasteiger partial charge is 0.249 e. The Kier molecular flexibility index (Phi) is 10.1. The van der Waals surface area contributed by atoms with Gasteiger partial charge >= 0.3 is 0 Å². The summed E-state index contributed by atoms with van der Waals surface area (Å²) in [6.45, 7) is 6.29. The Hall–Kier alpha value is -4.66. The molecule has 3 N–H and O–H groups in total. The molecule has 1 spiro atoms. The van der Waals surface area contributed by atoms with Crippen molar-refractivity contribution in [1.29, 1.82) is 0 Å². The van der Waals surface area contributed by atoms with E-state index in [4.69, 9.17) is 4.74 Å². The van der Waals surface area contributed by atoms with Gasteiger partial charge in [0.15, 0.2) is 0 Å². The van der Waals surface area contributed by atoms with E-state index >= 15 is 0 Å². The monoisotopic (exact) mass is 738 g/mol. The van der Waals surface area contributed by atoms with E-state index in [1.54, 1.807) is 0 Å². The Balaban J connectivity index is 0.759. The molecule has 4 fully saturated rings. The van der Waals surface area contributed by atoms with E-state index in [0.717, 1.165) is 83.5 Å². The van der Waals surface area contributed by atoms with Crippen molar-refractivity contribution in [3.63, 3.8) is 0 Å². The molecule has 0 aromatic heterocycles. The molecule has 4 aromatic carbocycles. The van der Waals surface area contributed by atoms with Gasteiger partial charge in [-0.05, 0) is 146 Å². The van der Waals surface area contributed by atoms with Gasteiger partial charge in [0.25, 0.3) is 0 Å². The van der Waals surface area contributed by atoms with Crippen molar-refractivity contribution < 1.29 is 19.4 Å². The normalized spacial score (nSPS) is 25.8. The Morgan fingerprint density at radius 2 is 1.53 bits per heavy atom. The maximum atomic E-state index is 12.1. The minimum absolute atomic E-state index is 0.0172. The molecule has 4 saturated heterocycles. The molecule has 4 heterocycles. The average molecular weight is 739 g/mol. The summed E-state index contributed by atoms with van der Waals surface area (Å²) in [5.41, 5.74) is 8.97. The summed E-state index contributed by atoms with van der Waals surface area (Å²) in [5.74, 6) is 1.76. The van der Waals surface area contributed by atoms with Crippen molar-refractivity contribution in [2.45, 2.75) is 87.2 Å². The summed E-state index contributed by atoms with van der Waals surface area (Å²) in [5, 5.41) is 16.0. The first-order chi connectivity index (χ1) is 26.9. The van der Waals surface area contributed by atoms with Crippen LogP contribution in [0.25, 0.3) is 0 Å². The number of carbonyl (C=O) groups excluding carboxylic acids is 2. The minimum Gasteiger partial charge on any atom is -0.508 e. The SMILES string of the molecule is O=C1CC[C@@H](Nc2ccc(C3CCN(C[C@@H]4COC5(CCN(c6ccc([C@@H]7c8ccc(O)cc8CC[C@@H]7c7ccccc7)cc6)CC5)C4)CC3)cc2)C(=O)N1. The van der Waals surface area contributed by atoms with Crippen molar-refractivity contribution in [3.8, 4) is 5.75 Å². The highest BCUT2D eigenvalue weighted by Crippen LogP contribution is 2.47. The number of rotatable bonds is 8. The first-order valence-corrected chi connectivity index (χ1v) is 20.7. The number of amides is 2. The van der Waals surface area contributed by atoms with Gasteiger partial charge in [-0.25, -0.2) is 0 Å². The standard InChI is InChI=1S/C47H54N4O4/c52-40-15-17-42-37(28-40)10-16-41(35-4-2-1-3-5-35)45(42)36-8-13-39(14-9-36)51-26-22-47(23-27-51)29-32(31-55-47)30-50-24-20-34(21-25-50)33-6-11-38(12-7-33)48-43-18-19-44(53)49-46(43)54/h1-9,11-15,17,28,32,34,41,43,45,48,52H,10,16,18-27,29-31H2,(H,49,53,54)/t32-,41-,43-,45+/m1/s1. The maximum Gasteiger partial charge on any atom is 0.249 e. The zero-order valence-corrected chi connectivity index (χ0v) is 31.8. The van der Waals surface area contributed by atoms with Gasteiger partial charge in [-0.1, -0.05) is 60.7 Å². The topological polar surface area (TPSA) is 94.1 Å². The number of aromatic hydroxyl groups is 1. The molecule has 4 atom stereocenters. The third kappa shape index (κ3) is 7.76. The van der Waals surface area contributed by atoms with Crippen LogP contribution in [0.2, 0.25) is 0 Å². The Morgan fingerprint density at radius 3 is 2.27 bits per heavy atom. The van der Waals surface area contributed by atoms with Crippen molar-refractivity contribution in [3.05, 3.63) is 125 Å². The number of phenolic OH excluding ortho intramolecular Hbond substituents is 1. The molecule has 0 saturated carbocycles. The summed E-state index contributed by atoms with van der Waals surface area (Å²) < 4.78 is 6.66. The third-order valence-electron chi connectivity index (χ3n) is 13.5. The number of benzene rings is 4. The lowest BCUT2D eigenvalue weighted by Gasteiger charge is -2.40. The zero-order chi connectivity index (χ0) is 37.4. The van der Waals surface area contributed by atoms with Gasteiger partial charge in [-0.15, -0.1) is 0 Å². The van der Waals surface area contributed by atoms with Gasteiger partial charge < -0.3 is 25.0 Å². The zero-order valence-electron chi connectivity index (χ0n) is 31.8. The Labute approximate surface area is 325 Å². The highest BCUT2D eigenvalue weighted by Gasteiger charge is 2.43. The highest BCUT2D eigenvalue weighted by atomic mass is 16.5. The first-order valence-electron chi connectivity index (χ1n) is 20.7. The molecule has 8 nitrogen and oxygen atoms in total. The number of ether oxygens (including phenoxy) is 1. The van der Waals surface area contributed by atoms with E-state index in [0.29, 0.717) is 36.3 Å². The number of imide groups is 1. The average Bonchev–Trinajstić information content (AvgIpc) is 3.60. The summed E-state index contributed by atoms with van der Waals surface area (Å²) in [6.07, 6.45) is 8.63.